The van der Waals surface area contributed by atoms with Crippen LogP contribution < -0.4 is 0 Å². The molecule has 0 bridgehead atoms. The summed E-state index contributed by atoms with van der Waals surface area (Å²) in [5.41, 5.74) is 0. The minimum Gasteiger partial charge on any atom is -0.393 e. The molecule has 0 spiro atoms. The van der Waals surface area contributed by atoms with Crippen LogP contribution in [0, 0.1) is 0 Å². The molecular weight excluding hydrogens is 178 g/mol. The van der Waals surface area contributed by atoms with Gasteiger partial charge in [-0.25, -0.2) is 0 Å². The van der Waals surface area contributed by atoms with Crippen LogP contribution in [0.5, 0.6) is 0 Å². The third-order valence-corrected chi connectivity index (χ3v) is 3.16. The van der Waals surface area contributed by atoms with E-state index in [0.29, 0.717) is 6.04 Å². The van der Waals surface area contributed by atoms with Crippen molar-refractivity contribution in [3.05, 3.63) is 0 Å². The fraction of sp³-hybridized carbons (Fsp3) is 1.00. The van der Waals surface area contributed by atoms with Crippen molar-refractivity contribution in [3.63, 3.8) is 0 Å². The molecule has 0 radical (unpaired) electrons. The van der Waals surface area contributed by atoms with Gasteiger partial charge in [-0.05, 0) is 33.2 Å². The third-order valence-electron chi connectivity index (χ3n) is 3.16. The van der Waals surface area contributed by atoms with Crippen molar-refractivity contribution in [2.75, 3.05) is 13.6 Å². The molecule has 3 heteroatoms. The number of aliphatic hydroxyl groups is 2. The fourth-order valence-corrected chi connectivity index (χ4v) is 2.16. The Bertz CT molecular complexity index is 161. The SMILES string of the molecule is CC(O)CCN(C)C1CCCCC1O. The van der Waals surface area contributed by atoms with E-state index in [1.807, 2.05) is 14.0 Å². The quantitative estimate of drug-likeness (QED) is 0.713. The molecule has 0 aliphatic heterocycles. The summed E-state index contributed by atoms with van der Waals surface area (Å²) in [5.74, 6) is 0. The average Bonchev–Trinajstić information content (AvgIpc) is 2.15. The molecule has 0 saturated heterocycles. The van der Waals surface area contributed by atoms with Crippen LogP contribution in [-0.4, -0.2) is 47.0 Å². The largest absolute Gasteiger partial charge is 0.393 e. The van der Waals surface area contributed by atoms with Crippen LogP contribution in [-0.2, 0) is 0 Å². The van der Waals surface area contributed by atoms with E-state index in [0.717, 1.165) is 32.2 Å². The Morgan fingerprint density at radius 2 is 2.00 bits per heavy atom. The fourth-order valence-electron chi connectivity index (χ4n) is 2.16. The highest BCUT2D eigenvalue weighted by molar-refractivity contribution is 4.81. The molecule has 3 unspecified atom stereocenters. The van der Waals surface area contributed by atoms with Crippen LogP contribution in [0.4, 0.5) is 0 Å². The molecule has 0 aromatic carbocycles. The van der Waals surface area contributed by atoms with E-state index in [4.69, 9.17) is 0 Å². The monoisotopic (exact) mass is 201 g/mol. The van der Waals surface area contributed by atoms with Crippen LogP contribution >= 0.6 is 0 Å². The molecule has 1 fully saturated rings. The van der Waals surface area contributed by atoms with Gasteiger partial charge in [0.1, 0.15) is 0 Å². The molecular formula is C11H23NO2. The Morgan fingerprint density at radius 1 is 1.36 bits per heavy atom. The maximum Gasteiger partial charge on any atom is 0.0695 e. The molecule has 14 heavy (non-hydrogen) atoms. The second-order valence-electron chi connectivity index (χ2n) is 4.54. The molecule has 1 saturated carbocycles. The molecule has 0 aromatic rings. The van der Waals surface area contributed by atoms with E-state index >= 15 is 0 Å². The van der Waals surface area contributed by atoms with Crippen LogP contribution in [0.2, 0.25) is 0 Å². The Balaban J connectivity index is 2.30. The molecule has 84 valence electrons. The highest BCUT2D eigenvalue weighted by atomic mass is 16.3. The van der Waals surface area contributed by atoms with Gasteiger partial charge in [-0.2, -0.15) is 0 Å². The third kappa shape index (κ3) is 3.56. The molecule has 0 heterocycles. The van der Waals surface area contributed by atoms with Gasteiger partial charge >= 0.3 is 0 Å². The molecule has 3 nitrogen and oxygen atoms in total. The Hall–Kier alpha value is -0.120. The predicted octanol–water partition coefficient (Wildman–Crippen LogP) is 0.993. The number of likely N-dealkylation sites (N-methyl/N-ethyl adjacent to an activating group) is 1. The zero-order valence-corrected chi connectivity index (χ0v) is 9.32. The summed E-state index contributed by atoms with van der Waals surface area (Å²) < 4.78 is 0. The van der Waals surface area contributed by atoms with Crippen LogP contribution in [0.3, 0.4) is 0 Å². The van der Waals surface area contributed by atoms with E-state index in [-0.39, 0.29) is 12.2 Å². The number of nitrogens with zero attached hydrogens (tertiary/aromatic N) is 1. The highest BCUT2D eigenvalue weighted by Gasteiger charge is 2.26. The Labute approximate surface area is 86.7 Å². The number of aliphatic hydroxyl groups excluding tert-OH is 2. The number of hydrogen-bond acceptors (Lipinski definition) is 3. The smallest absolute Gasteiger partial charge is 0.0695 e. The molecule has 2 N–H and O–H groups in total. The second kappa shape index (κ2) is 5.69. The maximum atomic E-state index is 9.80. The predicted molar refractivity (Wildman–Crippen MR) is 57.2 cm³/mol. The van der Waals surface area contributed by atoms with E-state index in [2.05, 4.69) is 4.90 Å². The first-order chi connectivity index (χ1) is 6.61. The lowest BCUT2D eigenvalue weighted by Crippen LogP contribution is -2.44. The van der Waals surface area contributed by atoms with E-state index in [9.17, 15) is 10.2 Å². The molecule has 1 rings (SSSR count). The highest BCUT2D eigenvalue weighted by Crippen LogP contribution is 2.22. The van der Waals surface area contributed by atoms with Gasteiger partial charge in [0.15, 0.2) is 0 Å². The lowest BCUT2D eigenvalue weighted by atomic mass is 9.91. The van der Waals surface area contributed by atoms with Gasteiger partial charge in [0, 0.05) is 12.6 Å². The summed E-state index contributed by atoms with van der Waals surface area (Å²) in [4.78, 5) is 2.19. The van der Waals surface area contributed by atoms with Gasteiger partial charge in [-0.3, -0.25) is 0 Å². The second-order valence-corrected chi connectivity index (χ2v) is 4.54. The standard InChI is InChI=1S/C11H23NO2/c1-9(13)7-8-12(2)10-5-3-4-6-11(10)14/h9-11,13-14H,3-8H2,1-2H3. The van der Waals surface area contributed by atoms with E-state index in [1.165, 1.54) is 6.42 Å². The lowest BCUT2D eigenvalue weighted by Gasteiger charge is -2.35. The minimum atomic E-state index is -0.238. The van der Waals surface area contributed by atoms with Crippen molar-refractivity contribution >= 4 is 0 Å². The molecule has 1 aliphatic carbocycles. The molecule has 1 aliphatic rings. The Morgan fingerprint density at radius 3 is 2.57 bits per heavy atom. The lowest BCUT2D eigenvalue weighted by molar-refractivity contribution is 0.0264. The van der Waals surface area contributed by atoms with E-state index in [1.54, 1.807) is 0 Å². The topological polar surface area (TPSA) is 43.7 Å². The summed E-state index contributed by atoms with van der Waals surface area (Å²) in [6.45, 7) is 2.69. The Kier molecular flexibility index (Phi) is 4.85. The van der Waals surface area contributed by atoms with Crippen LogP contribution in [0.25, 0.3) is 0 Å². The summed E-state index contributed by atoms with van der Waals surface area (Å²) in [5, 5.41) is 19.0. The normalized spacial score (nSPS) is 30.6. The van der Waals surface area contributed by atoms with Crippen molar-refractivity contribution in [2.24, 2.45) is 0 Å². The van der Waals surface area contributed by atoms with Gasteiger partial charge in [0.2, 0.25) is 0 Å². The molecule has 0 aromatic heterocycles. The summed E-state index contributed by atoms with van der Waals surface area (Å²) >= 11 is 0. The van der Waals surface area contributed by atoms with Crippen LogP contribution in [0.1, 0.15) is 39.0 Å². The molecule has 0 amide bonds. The van der Waals surface area contributed by atoms with Crippen molar-refractivity contribution in [3.8, 4) is 0 Å². The van der Waals surface area contributed by atoms with Gasteiger partial charge < -0.3 is 15.1 Å². The zero-order chi connectivity index (χ0) is 10.6. The average molecular weight is 201 g/mol. The van der Waals surface area contributed by atoms with Crippen LogP contribution in [0.15, 0.2) is 0 Å². The maximum absolute atomic E-state index is 9.80. The zero-order valence-electron chi connectivity index (χ0n) is 9.32. The van der Waals surface area contributed by atoms with Gasteiger partial charge in [0.05, 0.1) is 12.2 Å². The number of hydrogen-bond donors (Lipinski definition) is 2. The van der Waals surface area contributed by atoms with Gasteiger partial charge in [0.25, 0.3) is 0 Å². The van der Waals surface area contributed by atoms with Crippen molar-refractivity contribution in [1.29, 1.82) is 0 Å². The molecule has 3 atom stereocenters. The summed E-state index contributed by atoms with van der Waals surface area (Å²) in [6.07, 6.45) is 4.80. The first-order valence-corrected chi connectivity index (χ1v) is 5.67. The van der Waals surface area contributed by atoms with E-state index < -0.39 is 0 Å². The first kappa shape index (κ1) is 12.0. The summed E-state index contributed by atoms with van der Waals surface area (Å²) in [7, 11) is 2.04. The number of rotatable bonds is 4. The van der Waals surface area contributed by atoms with Crippen molar-refractivity contribution < 1.29 is 10.2 Å². The van der Waals surface area contributed by atoms with Gasteiger partial charge in [-0.15, -0.1) is 0 Å². The van der Waals surface area contributed by atoms with Crippen molar-refractivity contribution in [2.45, 2.75) is 57.3 Å². The van der Waals surface area contributed by atoms with Gasteiger partial charge in [-0.1, -0.05) is 12.8 Å². The summed E-state index contributed by atoms with van der Waals surface area (Å²) in [6, 6.07) is 0.308. The minimum absolute atomic E-state index is 0.164. The van der Waals surface area contributed by atoms with Crippen molar-refractivity contribution in [1.82, 2.24) is 4.90 Å². The first-order valence-electron chi connectivity index (χ1n) is 5.67.